The molecule has 8 heteroatoms. The Morgan fingerprint density at radius 3 is 2.70 bits per heavy atom. The van der Waals surface area contributed by atoms with E-state index in [0.717, 1.165) is 59.0 Å². The average Bonchev–Trinajstić information content (AvgIpc) is 3.52. The van der Waals surface area contributed by atoms with Gasteiger partial charge in [-0.25, -0.2) is 4.98 Å². The molecule has 2 aliphatic rings. The molecule has 0 bridgehead atoms. The number of nitrogens with zero attached hydrogens (tertiary/aromatic N) is 5. The van der Waals surface area contributed by atoms with E-state index in [-0.39, 0.29) is 5.56 Å². The monoisotopic (exact) mass is 441 g/mol. The number of rotatable bonds is 5. The van der Waals surface area contributed by atoms with Gasteiger partial charge in [-0.1, -0.05) is 6.92 Å². The van der Waals surface area contributed by atoms with Gasteiger partial charge in [0.1, 0.15) is 5.82 Å². The summed E-state index contributed by atoms with van der Waals surface area (Å²) in [5, 5.41) is 0. The SMILES string of the molecule is CCc1cc2ncc(CN3CCN(c4ccc(-c5cnc(C)[nH]5)nc4)[C@@H]4C[C@@H]43)cc2[nH]c1=O. The van der Waals surface area contributed by atoms with Crippen molar-refractivity contribution in [2.45, 2.75) is 45.3 Å². The number of fused-ring (bicyclic) bond motifs is 2. The second-order valence-electron chi connectivity index (χ2n) is 9.07. The first-order valence-corrected chi connectivity index (χ1v) is 11.6. The largest absolute Gasteiger partial charge is 0.364 e. The highest BCUT2D eigenvalue weighted by Gasteiger charge is 2.48. The van der Waals surface area contributed by atoms with Crippen molar-refractivity contribution in [3.8, 4) is 11.4 Å². The molecule has 1 saturated heterocycles. The predicted octanol–water partition coefficient (Wildman–Crippen LogP) is 3.04. The molecule has 4 aromatic rings. The molecule has 1 aliphatic carbocycles. The molecule has 2 N–H and O–H groups in total. The minimum Gasteiger partial charge on any atom is -0.364 e. The minimum absolute atomic E-state index is 0.0119. The number of hydrogen-bond acceptors (Lipinski definition) is 6. The van der Waals surface area contributed by atoms with Gasteiger partial charge in [0.2, 0.25) is 0 Å². The minimum atomic E-state index is -0.0119. The second kappa shape index (κ2) is 7.81. The molecule has 4 aromatic heterocycles. The molecule has 8 nitrogen and oxygen atoms in total. The van der Waals surface area contributed by atoms with Gasteiger partial charge >= 0.3 is 0 Å². The van der Waals surface area contributed by atoms with Crippen molar-refractivity contribution >= 4 is 16.7 Å². The number of H-pyrrole nitrogens is 2. The molecule has 0 unspecified atom stereocenters. The Labute approximate surface area is 191 Å². The number of imidazole rings is 1. The Balaban J connectivity index is 1.14. The van der Waals surface area contributed by atoms with Crippen LogP contribution in [0.2, 0.25) is 0 Å². The van der Waals surface area contributed by atoms with Crippen LogP contribution in [0.5, 0.6) is 0 Å². The smallest absolute Gasteiger partial charge is 0.251 e. The maximum absolute atomic E-state index is 12.2. The summed E-state index contributed by atoms with van der Waals surface area (Å²) in [6.45, 7) is 6.75. The predicted molar refractivity (Wildman–Crippen MR) is 128 cm³/mol. The van der Waals surface area contributed by atoms with Crippen LogP contribution in [0.4, 0.5) is 5.69 Å². The van der Waals surface area contributed by atoms with Crippen LogP contribution in [-0.4, -0.2) is 55.0 Å². The van der Waals surface area contributed by atoms with E-state index in [9.17, 15) is 4.79 Å². The number of anilines is 1. The zero-order valence-electron chi connectivity index (χ0n) is 18.9. The first-order valence-electron chi connectivity index (χ1n) is 11.6. The lowest BCUT2D eigenvalue weighted by Crippen LogP contribution is -2.46. The fourth-order valence-electron chi connectivity index (χ4n) is 5.00. The summed E-state index contributed by atoms with van der Waals surface area (Å²) in [7, 11) is 0. The van der Waals surface area contributed by atoms with Crippen LogP contribution in [0, 0.1) is 6.92 Å². The van der Waals surface area contributed by atoms with Crippen molar-refractivity contribution in [3.05, 3.63) is 70.2 Å². The maximum Gasteiger partial charge on any atom is 0.251 e. The van der Waals surface area contributed by atoms with Gasteiger partial charge in [-0.2, -0.15) is 0 Å². The van der Waals surface area contributed by atoms with Gasteiger partial charge in [-0.05, 0) is 49.6 Å². The van der Waals surface area contributed by atoms with Gasteiger partial charge in [0, 0.05) is 43.5 Å². The number of aromatic nitrogens is 5. The Morgan fingerprint density at radius 1 is 1.03 bits per heavy atom. The number of piperazine rings is 1. The summed E-state index contributed by atoms with van der Waals surface area (Å²) in [6, 6.07) is 9.29. The summed E-state index contributed by atoms with van der Waals surface area (Å²) >= 11 is 0. The van der Waals surface area contributed by atoms with Crippen molar-refractivity contribution < 1.29 is 0 Å². The van der Waals surface area contributed by atoms with Crippen LogP contribution >= 0.6 is 0 Å². The molecule has 0 amide bonds. The third-order valence-corrected chi connectivity index (χ3v) is 6.87. The molecule has 1 aliphatic heterocycles. The Bertz CT molecular complexity index is 1370. The van der Waals surface area contributed by atoms with Crippen LogP contribution in [-0.2, 0) is 13.0 Å². The Kier molecular flexibility index (Phi) is 4.76. The van der Waals surface area contributed by atoms with E-state index in [2.05, 4.69) is 52.9 Å². The van der Waals surface area contributed by atoms with Crippen molar-refractivity contribution in [2.24, 2.45) is 0 Å². The zero-order chi connectivity index (χ0) is 22.5. The highest BCUT2D eigenvalue weighted by molar-refractivity contribution is 5.74. The number of hydrogen-bond donors (Lipinski definition) is 2. The van der Waals surface area contributed by atoms with Gasteiger partial charge in [-0.3, -0.25) is 19.7 Å². The van der Waals surface area contributed by atoms with E-state index in [1.54, 1.807) is 0 Å². The van der Waals surface area contributed by atoms with Gasteiger partial charge in [-0.15, -0.1) is 0 Å². The highest BCUT2D eigenvalue weighted by Crippen LogP contribution is 2.40. The first-order chi connectivity index (χ1) is 16.1. The van der Waals surface area contributed by atoms with Crippen molar-refractivity contribution in [1.82, 2.24) is 29.8 Å². The first kappa shape index (κ1) is 20.1. The topological polar surface area (TPSA) is 93.8 Å². The van der Waals surface area contributed by atoms with E-state index in [0.29, 0.717) is 18.5 Å². The highest BCUT2D eigenvalue weighted by atomic mass is 16.1. The van der Waals surface area contributed by atoms with Crippen molar-refractivity contribution in [1.29, 1.82) is 0 Å². The Hall–Kier alpha value is -3.52. The van der Waals surface area contributed by atoms with Crippen LogP contribution in [0.25, 0.3) is 22.4 Å². The molecule has 168 valence electrons. The molecular weight excluding hydrogens is 414 g/mol. The van der Waals surface area contributed by atoms with E-state index >= 15 is 0 Å². The zero-order valence-corrected chi connectivity index (χ0v) is 18.9. The van der Waals surface area contributed by atoms with Gasteiger partial charge < -0.3 is 14.9 Å². The van der Waals surface area contributed by atoms with Gasteiger partial charge in [0.25, 0.3) is 5.56 Å². The van der Waals surface area contributed by atoms with Crippen LogP contribution in [0.1, 0.15) is 30.3 Å². The average molecular weight is 442 g/mol. The third-order valence-electron chi connectivity index (χ3n) is 6.87. The molecule has 0 aromatic carbocycles. The number of aryl methyl sites for hydroxylation is 2. The fourth-order valence-corrected chi connectivity index (χ4v) is 5.00. The number of pyridine rings is 3. The van der Waals surface area contributed by atoms with E-state index in [4.69, 9.17) is 0 Å². The summed E-state index contributed by atoms with van der Waals surface area (Å²) in [5.74, 6) is 0.895. The molecule has 2 atom stereocenters. The molecule has 33 heavy (non-hydrogen) atoms. The van der Waals surface area contributed by atoms with Crippen LogP contribution in [0.3, 0.4) is 0 Å². The van der Waals surface area contributed by atoms with E-state index in [1.807, 2.05) is 38.5 Å². The van der Waals surface area contributed by atoms with Crippen LogP contribution in [0.15, 0.2) is 47.7 Å². The van der Waals surface area contributed by atoms with Crippen LogP contribution < -0.4 is 10.5 Å². The molecule has 0 radical (unpaired) electrons. The molecule has 5 heterocycles. The van der Waals surface area contributed by atoms with Gasteiger partial charge in [0.05, 0.1) is 40.5 Å². The van der Waals surface area contributed by atoms with Crippen molar-refractivity contribution in [2.75, 3.05) is 18.0 Å². The summed E-state index contributed by atoms with van der Waals surface area (Å²) in [4.78, 5) is 37.0. The summed E-state index contributed by atoms with van der Waals surface area (Å²) in [6.07, 6.45) is 7.63. The third kappa shape index (κ3) is 3.70. The fraction of sp³-hybridized carbons (Fsp3) is 0.360. The molecule has 6 rings (SSSR count). The molecular formula is C25H27N7O. The molecule has 1 saturated carbocycles. The second-order valence-corrected chi connectivity index (χ2v) is 9.07. The van der Waals surface area contributed by atoms with Crippen molar-refractivity contribution in [3.63, 3.8) is 0 Å². The normalized spacial score (nSPS) is 20.2. The number of nitrogens with one attached hydrogen (secondary N) is 2. The standard InChI is InChI=1S/C25H27N7O/c1-3-17-9-20-21(30-25(17)33)8-16(11-27-20)14-31-6-7-32(24-10-23(24)31)18-4-5-19(28-12-18)22-13-26-15(2)29-22/h4-5,8-9,11-13,23-24H,3,6-7,10,14H2,1-2H3,(H,26,29)(H,30,33)/t23-,24+/m0/s1. The molecule has 2 fully saturated rings. The lowest BCUT2D eigenvalue weighted by molar-refractivity contribution is 0.234. The number of aromatic amines is 2. The lowest BCUT2D eigenvalue weighted by Gasteiger charge is -2.35. The van der Waals surface area contributed by atoms with E-state index < -0.39 is 0 Å². The summed E-state index contributed by atoms with van der Waals surface area (Å²) in [5.41, 5.74) is 6.62. The maximum atomic E-state index is 12.2. The summed E-state index contributed by atoms with van der Waals surface area (Å²) < 4.78 is 0. The Morgan fingerprint density at radius 2 is 1.94 bits per heavy atom. The quantitative estimate of drug-likeness (QED) is 0.494. The van der Waals surface area contributed by atoms with E-state index in [1.165, 1.54) is 12.1 Å². The van der Waals surface area contributed by atoms with Gasteiger partial charge in [0.15, 0.2) is 0 Å². The molecule has 0 spiro atoms. The lowest BCUT2D eigenvalue weighted by atomic mass is 10.1.